The highest BCUT2D eigenvalue weighted by Gasteiger charge is 2.09. The second kappa shape index (κ2) is 5.25. The normalized spacial score (nSPS) is 12.6. The van der Waals surface area contributed by atoms with Gasteiger partial charge in [0.05, 0.1) is 5.52 Å². The van der Waals surface area contributed by atoms with Crippen LogP contribution in [0.25, 0.3) is 10.9 Å². The second-order valence-corrected chi connectivity index (χ2v) is 4.70. The number of anilines is 1. The van der Waals surface area contributed by atoms with Gasteiger partial charge in [0.1, 0.15) is 0 Å². The number of fused-ring (bicyclic) bond motifs is 1. The zero-order chi connectivity index (χ0) is 13.1. The molecule has 1 heterocycles. The van der Waals surface area contributed by atoms with Gasteiger partial charge in [0.2, 0.25) is 0 Å². The van der Waals surface area contributed by atoms with Gasteiger partial charge in [-0.1, -0.05) is 19.9 Å². The van der Waals surface area contributed by atoms with Crippen molar-refractivity contribution in [2.45, 2.75) is 33.1 Å². The zero-order valence-corrected chi connectivity index (χ0v) is 11.2. The van der Waals surface area contributed by atoms with Crippen LogP contribution < -0.4 is 10.9 Å². The standard InChI is InChI=1S/C15H20N2O/c1-4-10(3)13-8-11-6-7-12(16-5-2)9-14(11)17-15(13)18/h6-10,16H,4-5H2,1-3H3,(H,17,18). The molecule has 1 aromatic heterocycles. The quantitative estimate of drug-likeness (QED) is 0.865. The molecule has 0 aliphatic heterocycles. The SMILES string of the molecule is CCNc1ccc2cc(C(C)CC)c(=O)[nH]c2c1. The molecule has 2 aromatic rings. The monoisotopic (exact) mass is 244 g/mol. The molecule has 3 nitrogen and oxygen atoms in total. The molecule has 0 aliphatic rings. The molecule has 3 heteroatoms. The van der Waals surface area contributed by atoms with Crippen LogP contribution in [-0.2, 0) is 0 Å². The highest BCUT2D eigenvalue weighted by atomic mass is 16.1. The minimum Gasteiger partial charge on any atom is -0.385 e. The highest BCUT2D eigenvalue weighted by Crippen LogP contribution is 2.21. The summed E-state index contributed by atoms with van der Waals surface area (Å²) in [6.45, 7) is 7.12. The number of benzene rings is 1. The zero-order valence-electron chi connectivity index (χ0n) is 11.2. The van der Waals surface area contributed by atoms with Crippen molar-refractivity contribution in [3.8, 4) is 0 Å². The average molecular weight is 244 g/mol. The van der Waals surface area contributed by atoms with Gasteiger partial charge < -0.3 is 10.3 Å². The summed E-state index contributed by atoms with van der Waals surface area (Å²) in [7, 11) is 0. The number of hydrogen-bond acceptors (Lipinski definition) is 2. The van der Waals surface area contributed by atoms with Crippen molar-refractivity contribution in [2.24, 2.45) is 0 Å². The number of H-pyrrole nitrogens is 1. The lowest BCUT2D eigenvalue weighted by molar-refractivity contribution is 0.724. The van der Waals surface area contributed by atoms with E-state index in [1.54, 1.807) is 0 Å². The first-order chi connectivity index (χ1) is 8.65. The maximum Gasteiger partial charge on any atom is 0.251 e. The smallest absolute Gasteiger partial charge is 0.251 e. The van der Waals surface area contributed by atoms with E-state index in [1.165, 1.54) is 0 Å². The first-order valence-electron chi connectivity index (χ1n) is 6.56. The van der Waals surface area contributed by atoms with E-state index >= 15 is 0 Å². The van der Waals surface area contributed by atoms with Gasteiger partial charge in [-0.3, -0.25) is 4.79 Å². The van der Waals surface area contributed by atoms with Crippen molar-refractivity contribution in [2.75, 3.05) is 11.9 Å². The van der Waals surface area contributed by atoms with E-state index in [0.29, 0.717) is 5.92 Å². The summed E-state index contributed by atoms with van der Waals surface area (Å²) >= 11 is 0. The topological polar surface area (TPSA) is 44.9 Å². The molecule has 0 spiro atoms. The fraction of sp³-hybridized carbons (Fsp3) is 0.400. The van der Waals surface area contributed by atoms with Crippen LogP contribution in [0.1, 0.15) is 38.7 Å². The Morgan fingerprint density at radius 1 is 1.28 bits per heavy atom. The fourth-order valence-electron chi connectivity index (χ4n) is 2.12. The number of rotatable bonds is 4. The predicted octanol–water partition coefficient (Wildman–Crippen LogP) is 3.47. The molecule has 0 saturated heterocycles. The highest BCUT2D eigenvalue weighted by molar-refractivity contribution is 5.82. The van der Waals surface area contributed by atoms with Crippen LogP contribution in [0.5, 0.6) is 0 Å². The summed E-state index contributed by atoms with van der Waals surface area (Å²) in [5.41, 5.74) is 2.84. The predicted molar refractivity (Wildman–Crippen MR) is 77.4 cm³/mol. The van der Waals surface area contributed by atoms with Crippen LogP contribution in [-0.4, -0.2) is 11.5 Å². The van der Waals surface area contributed by atoms with E-state index in [1.807, 2.05) is 18.2 Å². The first-order valence-corrected chi connectivity index (χ1v) is 6.56. The van der Waals surface area contributed by atoms with Gasteiger partial charge in [-0.15, -0.1) is 0 Å². The maximum atomic E-state index is 12.0. The number of pyridine rings is 1. The van der Waals surface area contributed by atoms with Gasteiger partial charge in [-0.05, 0) is 42.8 Å². The lowest BCUT2D eigenvalue weighted by atomic mass is 9.98. The molecule has 0 amide bonds. The molecule has 0 aliphatic carbocycles. The summed E-state index contributed by atoms with van der Waals surface area (Å²) in [6.07, 6.45) is 0.976. The average Bonchev–Trinajstić information content (AvgIpc) is 2.37. The molecule has 96 valence electrons. The Morgan fingerprint density at radius 3 is 2.72 bits per heavy atom. The van der Waals surface area contributed by atoms with Crippen LogP contribution in [0.4, 0.5) is 5.69 Å². The van der Waals surface area contributed by atoms with E-state index < -0.39 is 0 Å². The maximum absolute atomic E-state index is 12.0. The molecular weight excluding hydrogens is 224 g/mol. The summed E-state index contributed by atoms with van der Waals surface area (Å²) in [5, 5.41) is 4.34. The van der Waals surface area contributed by atoms with Crippen LogP contribution in [0.15, 0.2) is 29.1 Å². The largest absolute Gasteiger partial charge is 0.385 e. The van der Waals surface area contributed by atoms with Crippen LogP contribution in [0.2, 0.25) is 0 Å². The van der Waals surface area contributed by atoms with E-state index in [9.17, 15) is 4.79 Å². The molecule has 18 heavy (non-hydrogen) atoms. The van der Waals surface area contributed by atoms with Gasteiger partial charge in [0.15, 0.2) is 0 Å². The molecule has 0 saturated carbocycles. The summed E-state index contributed by atoms with van der Waals surface area (Å²) in [4.78, 5) is 15.0. The van der Waals surface area contributed by atoms with Crippen molar-refractivity contribution in [3.63, 3.8) is 0 Å². The Morgan fingerprint density at radius 2 is 2.06 bits per heavy atom. The van der Waals surface area contributed by atoms with Crippen LogP contribution in [0.3, 0.4) is 0 Å². The van der Waals surface area contributed by atoms with Crippen LogP contribution in [0, 0.1) is 0 Å². The number of hydrogen-bond donors (Lipinski definition) is 2. The third-order valence-corrected chi connectivity index (χ3v) is 3.40. The third-order valence-electron chi connectivity index (χ3n) is 3.40. The van der Waals surface area contributed by atoms with E-state index in [-0.39, 0.29) is 5.56 Å². The lowest BCUT2D eigenvalue weighted by Crippen LogP contribution is -2.14. The third kappa shape index (κ3) is 2.40. The van der Waals surface area contributed by atoms with Crippen molar-refractivity contribution < 1.29 is 0 Å². The van der Waals surface area contributed by atoms with E-state index in [4.69, 9.17) is 0 Å². The number of aromatic amines is 1. The lowest BCUT2D eigenvalue weighted by Gasteiger charge is -2.10. The molecule has 1 unspecified atom stereocenters. The molecule has 0 radical (unpaired) electrons. The van der Waals surface area contributed by atoms with Crippen molar-refractivity contribution in [1.29, 1.82) is 0 Å². The Kier molecular flexibility index (Phi) is 3.70. The minimum atomic E-state index is 0.0329. The van der Waals surface area contributed by atoms with Crippen molar-refractivity contribution in [3.05, 3.63) is 40.2 Å². The molecule has 0 bridgehead atoms. The van der Waals surface area contributed by atoms with E-state index in [2.05, 4.69) is 37.1 Å². The molecule has 0 fully saturated rings. The van der Waals surface area contributed by atoms with E-state index in [0.717, 1.165) is 35.1 Å². The Bertz CT molecular complexity index is 601. The Hall–Kier alpha value is -1.77. The fourth-order valence-corrected chi connectivity index (χ4v) is 2.12. The molecule has 2 N–H and O–H groups in total. The van der Waals surface area contributed by atoms with Gasteiger partial charge in [-0.2, -0.15) is 0 Å². The van der Waals surface area contributed by atoms with Gasteiger partial charge in [0, 0.05) is 17.8 Å². The first kappa shape index (κ1) is 12.7. The molecule has 1 atom stereocenters. The summed E-state index contributed by atoms with van der Waals surface area (Å²) in [5.74, 6) is 0.298. The Balaban J connectivity index is 2.53. The van der Waals surface area contributed by atoms with Gasteiger partial charge in [0.25, 0.3) is 5.56 Å². The summed E-state index contributed by atoms with van der Waals surface area (Å²) < 4.78 is 0. The molecule has 1 aromatic carbocycles. The number of nitrogens with one attached hydrogen (secondary N) is 2. The minimum absolute atomic E-state index is 0.0329. The van der Waals surface area contributed by atoms with Crippen LogP contribution >= 0.6 is 0 Å². The second-order valence-electron chi connectivity index (χ2n) is 4.70. The Labute approximate surface area is 107 Å². The summed E-state index contributed by atoms with van der Waals surface area (Å²) in [6, 6.07) is 8.10. The molecular formula is C15H20N2O. The van der Waals surface area contributed by atoms with Gasteiger partial charge >= 0.3 is 0 Å². The number of aromatic nitrogens is 1. The van der Waals surface area contributed by atoms with Gasteiger partial charge in [-0.25, -0.2) is 0 Å². The van der Waals surface area contributed by atoms with Crippen molar-refractivity contribution in [1.82, 2.24) is 4.98 Å². The van der Waals surface area contributed by atoms with Crippen molar-refractivity contribution >= 4 is 16.6 Å². The molecule has 2 rings (SSSR count).